The van der Waals surface area contributed by atoms with E-state index in [9.17, 15) is 14.7 Å². The molecule has 3 atom stereocenters. The molecule has 2 aliphatic carbocycles. The molecule has 6 nitrogen and oxygen atoms in total. The first-order chi connectivity index (χ1) is 17.0. The third-order valence-electron chi connectivity index (χ3n) is 7.90. The summed E-state index contributed by atoms with van der Waals surface area (Å²) in [6.45, 7) is 10.0. The predicted molar refractivity (Wildman–Crippen MR) is 142 cm³/mol. The lowest BCUT2D eigenvalue weighted by Crippen LogP contribution is -2.49. The Kier molecular flexibility index (Phi) is 7.91. The Labute approximate surface area is 215 Å². The largest absolute Gasteiger partial charge is 0.490 e. The van der Waals surface area contributed by atoms with Crippen molar-refractivity contribution in [3.05, 3.63) is 35.7 Å². The first kappa shape index (κ1) is 26.4. The van der Waals surface area contributed by atoms with Crippen LogP contribution in [-0.4, -0.2) is 34.1 Å². The smallest absolute Gasteiger partial charge is 0.326 e. The average molecular weight is 495 g/mol. The summed E-state index contributed by atoms with van der Waals surface area (Å²) in [5, 5.41) is 14.3. The fourth-order valence-corrected chi connectivity index (χ4v) is 6.15. The van der Waals surface area contributed by atoms with Gasteiger partial charge in [0.25, 0.3) is 5.91 Å². The Morgan fingerprint density at radius 2 is 1.75 bits per heavy atom. The summed E-state index contributed by atoms with van der Waals surface area (Å²) in [6.07, 6.45) is 9.29. The number of rotatable bonds is 7. The van der Waals surface area contributed by atoms with Crippen molar-refractivity contribution >= 4 is 22.6 Å². The van der Waals surface area contributed by atoms with Crippen molar-refractivity contribution < 1.29 is 19.4 Å². The second kappa shape index (κ2) is 10.8. The number of nitrogens with zero attached hydrogens (tertiary/aromatic N) is 1. The first-order valence-corrected chi connectivity index (χ1v) is 13.6. The van der Waals surface area contributed by atoms with Gasteiger partial charge in [-0.2, -0.15) is 0 Å². The molecule has 6 heteroatoms. The van der Waals surface area contributed by atoms with Gasteiger partial charge in [-0.3, -0.25) is 4.79 Å². The van der Waals surface area contributed by atoms with Gasteiger partial charge in [-0.1, -0.05) is 66.4 Å². The Hall–Kier alpha value is -2.63. The molecular formula is C30H42N2O4. The van der Waals surface area contributed by atoms with Crippen molar-refractivity contribution in [1.29, 1.82) is 0 Å². The maximum atomic E-state index is 13.2. The highest BCUT2D eigenvalue weighted by atomic mass is 16.5. The van der Waals surface area contributed by atoms with E-state index >= 15 is 0 Å². The number of carboxylic acids is 1. The second-order valence-corrected chi connectivity index (χ2v) is 12.5. The van der Waals surface area contributed by atoms with Crippen LogP contribution in [0.4, 0.5) is 0 Å². The van der Waals surface area contributed by atoms with E-state index in [1.807, 2.05) is 12.1 Å². The monoisotopic (exact) mass is 494 g/mol. The molecule has 2 aliphatic rings. The third-order valence-corrected chi connectivity index (χ3v) is 7.90. The van der Waals surface area contributed by atoms with Gasteiger partial charge < -0.3 is 15.2 Å². The van der Waals surface area contributed by atoms with Gasteiger partial charge in [0.15, 0.2) is 0 Å². The van der Waals surface area contributed by atoms with Crippen molar-refractivity contribution in [3.8, 4) is 5.75 Å². The minimum absolute atomic E-state index is 0.225. The molecule has 0 aliphatic heterocycles. The standard InChI is InChI=1S/C30H42N2O4/c1-18-12-19(2)14-23(13-18)36-22-11-10-21-16-26(28(33)32-27(29(34)35)30(3,4)5)31-25(24(21)17-22)15-20-8-6-7-9-20/h10-11,16-20,23,27H,6-9,12-15H2,1-5H3,(H,32,33)(H,34,35). The number of ether oxygens (including phenoxy) is 1. The third kappa shape index (κ3) is 6.37. The second-order valence-electron chi connectivity index (χ2n) is 12.5. The molecule has 2 saturated carbocycles. The Morgan fingerprint density at radius 3 is 2.36 bits per heavy atom. The molecule has 1 aromatic carbocycles. The molecule has 36 heavy (non-hydrogen) atoms. The lowest BCUT2D eigenvalue weighted by Gasteiger charge is -2.31. The number of carbonyl (C=O) groups is 2. The summed E-state index contributed by atoms with van der Waals surface area (Å²) >= 11 is 0. The van der Waals surface area contributed by atoms with E-state index in [-0.39, 0.29) is 11.8 Å². The van der Waals surface area contributed by atoms with Crippen LogP contribution < -0.4 is 10.1 Å². The number of aliphatic carboxylic acids is 1. The minimum atomic E-state index is -1.05. The highest BCUT2D eigenvalue weighted by Gasteiger charge is 2.33. The van der Waals surface area contributed by atoms with Crippen molar-refractivity contribution in [1.82, 2.24) is 10.3 Å². The van der Waals surface area contributed by atoms with Crippen LogP contribution in [0, 0.1) is 23.2 Å². The molecule has 3 unspecified atom stereocenters. The number of pyridine rings is 1. The summed E-state index contributed by atoms with van der Waals surface area (Å²) in [5.41, 5.74) is 0.559. The van der Waals surface area contributed by atoms with Gasteiger partial charge in [0.1, 0.15) is 17.5 Å². The minimum Gasteiger partial charge on any atom is -0.490 e. The van der Waals surface area contributed by atoms with Crippen LogP contribution in [0.5, 0.6) is 5.75 Å². The molecule has 0 saturated heterocycles. The quantitative estimate of drug-likeness (QED) is 0.465. The molecule has 0 bridgehead atoms. The van der Waals surface area contributed by atoms with Crippen LogP contribution in [0.3, 0.4) is 0 Å². The van der Waals surface area contributed by atoms with E-state index in [2.05, 4.69) is 25.2 Å². The normalized spacial score (nSPS) is 24.0. The van der Waals surface area contributed by atoms with Crippen LogP contribution >= 0.6 is 0 Å². The summed E-state index contributed by atoms with van der Waals surface area (Å²) in [5.74, 6) is 1.27. The zero-order valence-electron chi connectivity index (χ0n) is 22.5. The van der Waals surface area contributed by atoms with Gasteiger partial charge >= 0.3 is 5.97 Å². The van der Waals surface area contributed by atoms with E-state index in [1.54, 1.807) is 26.8 Å². The summed E-state index contributed by atoms with van der Waals surface area (Å²) in [6, 6.07) is 6.86. The molecule has 196 valence electrons. The Morgan fingerprint density at radius 1 is 1.08 bits per heavy atom. The van der Waals surface area contributed by atoms with Crippen LogP contribution in [0.1, 0.15) is 95.7 Å². The summed E-state index contributed by atoms with van der Waals surface area (Å²) in [7, 11) is 0. The van der Waals surface area contributed by atoms with E-state index < -0.39 is 23.3 Å². The number of carboxylic acid groups (broad SMARTS) is 1. The lowest BCUT2D eigenvalue weighted by atomic mass is 9.82. The van der Waals surface area contributed by atoms with Gasteiger partial charge in [0, 0.05) is 11.1 Å². The molecule has 4 rings (SSSR count). The summed E-state index contributed by atoms with van der Waals surface area (Å²) < 4.78 is 6.45. The van der Waals surface area contributed by atoms with E-state index in [0.717, 1.165) is 41.5 Å². The van der Waals surface area contributed by atoms with Crippen LogP contribution in [0.2, 0.25) is 0 Å². The van der Waals surface area contributed by atoms with Gasteiger partial charge in [-0.25, -0.2) is 9.78 Å². The highest BCUT2D eigenvalue weighted by molar-refractivity contribution is 5.99. The molecule has 2 aromatic rings. The lowest BCUT2D eigenvalue weighted by molar-refractivity contribution is -0.142. The van der Waals surface area contributed by atoms with Crippen molar-refractivity contribution in [3.63, 3.8) is 0 Å². The number of hydrogen-bond donors (Lipinski definition) is 2. The molecule has 2 N–H and O–H groups in total. The van der Waals surface area contributed by atoms with Gasteiger partial charge in [0.2, 0.25) is 0 Å². The fraction of sp³-hybridized carbons (Fsp3) is 0.633. The number of aromatic nitrogens is 1. The molecule has 0 radical (unpaired) electrons. The van der Waals surface area contributed by atoms with Gasteiger partial charge in [-0.05, 0) is 72.4 Å². The molecular weight excluding hydrogens is 452 g/mol. The van der Waals surface area contributed by atoms with Crippen LogP contribution in [0.15, 0.2) is 24.3 Å². The SMILES string of the molecule is CC1CC(C)CC(Oc2ccc3cc(C(=O)NC(C(=O)O)C(C)(C)C)nc(CC4CCCC4)c3c2)C1. The Bertz CT molecular complexity index is 1090. The number of hydrogen-bond acceptors (Lipinski definition) is 4. The Balaban J connectivity index is 1.65. The number of benzene rings is 1. The topological polar surface area (TPSA) is 88.5 Å². The fourth-order valence-electron chi connectivity index (χ4n) is 6.15. The molecule has 1 amide bonds. The molecule has 1 aromatic heterocycles. The number of carbonyl (C=O) groups excluding carboxylic acids is 1. The number of fused-ring (bicyclic) bond motifs is 1. The molecule has 1 heterocycles. The average Bonchev–Trinajstić information content (AvgIpc) is 3.29. The highest BCUT2D eigenvalue weighted by Crippen LogP contribution is 2.34. The summed E-state index contributed by atoms with van der Waals surface area (Å²) in [4.78, 5) is 29.8. The van der Waals surface area contributed by atoms with Crippen LogP contribution in [0.25, 0.3) is 10.8 Å². The molecule has 0 spiro atoms. The first-order valence-electron chi connectivity index (χ1n) is 13.6. The maximum absolute atomic E-state index is 13.2. The van der Waals surface area contributed by atoms with Crippen molar-refractivity contribution in [2.24, 2.45) is 23.2 Å². The number of nitrogens with one attached hydrogen (secondary N) is 1. The zero-order chi connectivity index (χ0) is 26.0. The zero-order valence-corrected chi connectivity index (χ0v) is 22.5. The van der Waals surface area contributed by atoms with E-state index in [0.29, 0.717) is 17.8 Å². The van der Waals surface area contributed by atoms with E-state index in [1.165, 1.54) is 32.1 Å². The van der Waals surface area contributed by atoms with Crippen molar-refractivity contribution in [2.75, 3.05) is 0 Å². The predicted octanol–water partition coefficient (Wildman–Crippen LogP) is 6.40. The molecule has 2 fully saturated rings. The number of amides is 1. The van der Waals surface area contributed by atoms with Crippen LogP contribution in [-0.2, 0) is 11.2 Å². The maximum Gasteiger partial charge on any atom is 0.326 e. The van der Waals surface area contributed by atoms with Gasteiger partial charge in [-0.15, -0.1) is 0 Å². The van der Waals surface area contributed by atoms with E-state index in [4.69, 9.17) is 9.72 Å². The van der Waals surface area contributed by atoms with Gasteiger partial charge in [0.05, 0.1) is 6.10 Å². The van der Waals surface area contributed by atoms with Crippen molar-refractivity contribution in [2.45, 2.75) is 98.1 Å².